The summed E-state index contributed by atoms with van der Waals surface area (Å²) in [7, 11) is 3.30. The molecule has 0 aliphatic carbocycles. The summed E-state index contributed by atoms with van der Waals surface area (Å²) in [4.78, 5) is 15.1. The van der Waals surface area contributed by atoms with Crippen molar-refractivity contribution in [2.24, 2.45) is 0 Å². The molecular weight excluding hydrogens is 360 g/mol. The van der Waals surface area contributed by atoms with Crippen LogP contribution in [0.5, 0.6) is 11.5 Å². The summed E-state index contributed by atoms with van der Waals surface area (Å²) in [6, 6.07) is 15.9. The van der Waals surface area contributed by atoms with E-state index in [4.69, 9.17) is 9.47 Å². The molecule has 2 heterocycles. The number of methoxy groups -OCH3 is 2. The maximum absolute atomic E-state index is 13.1. The van der Waals surface area contributed by atoms with E-state index in [9.17, 15) is 4.79 Å². The molecule has 1 saturated heterocycles. The highest BCUT2D eigenvalue weighted by Gasteiger charge is 2.33. The first-order valence-electron chi connectivity index (χ1n) is 8.88. The van der Waals surface area contributed by atoms with Crippen molar-refractivity contribution in [2.45, 2.75) is 11.9 Å². The van der Waals surface area contributed by atoms with Crippen LogP contribution in [-0.2, 0) is 11.3 Å². The lowest BCUT2D eigenvalue weighted by Crippen LogP contribution is -2.33. The van der Waals surface area contributed by atoms with E-state index >= 15 is 0 Å². The number of fused-ring (bicyclic) bond motifs is 1. The number of rotatable bonds is 5. The van der Waals surface area contributed by atoms with E-state index in [0.29, 0.717) is 6.54 Å². The summed E-state index contributed by atoms with van der Waals surface area (Å²) in [6.07, 6.45) is 1.98. The number of thioether (sulfide) groups is 1. The highest BCUT2D eigenvalue weighted by molar-refractivity contribution is 7.99. The van der Waals surface area contributed by atoms with Crippen LogP contribution in [-0.4, -0.2) is 41.9 Å². The van der Waals surface area contributed by atoms with Gasteiger partial charge in [-0.3, -0.25) is 4.79 Å². The van der Waals surface area contributed by atoms with Gasteiger partial charge in [0.15, 0.2) is 0 Å². The van der Waals surface area contributed by atoms with Crippen molar-refractivity contribution >= 4 is 28.6 Å². The maximum Gasteiger partial charge on any atom is 0.243 e. The fourth-order valence-electron chi connectivity index (χ4n) is 3.53. The lowest BCUT2D eigenvalue weighted by molar-refractivity contribution is -0.131. The van der Waals surface area contributed by atoms with E-state index in [0.717, 1.165) is 40.3 Å². The van der Waals surface area contributed by atoms with Crippen molar-refractivity contribution in [3.63, 3.8) is 0 Å². The third-order valence-electron chi connectivity index (χ3n) is 4.90. The Balaban J connectivity index is 1.60. The summed E-state index contributed by atoms with van der Waals surface area (Å²) in [5, 5.41) is 1.08. The molecule has 1 aromatic heterocycles. The van der Waals surface area contributed by atoms with Gasteiger partial charge in [0.25, 0.3) is 0 Å². The zero-order valence-corrected chi connectivity index (χ0v) is 16.2. The van der Waals surface area contributed by atoms with E-state index in [-0.39, 0.29) is 11.3 Å². The lowest BCUT2D eigenvalue weighted by atomic mass is 10.1. The lowest BCUT2D eigenvalue weighted by Gasteiger charge is -2.26. The van der Waals surface area contributed by atoms with Crippen LogP contribution in [0.15, 0.2) is 54.7 Å². The van der Waals surface area contributed by atoms with Crippen LogP contribution in [0.25, 0.3) is 10.9 Å². The Hall–Kier alpha value is -2.60. The Labute approximate surface area is 162 Å². The van der Waals surface area contributed by atoms with Gasteiger partial charge >= 0.3 is 0 Å². The van der Waals surface area contributed by atoms with Gasteiger partial charge in [0, 0.05) is 29.6 Å². The number of benzene rings is 2. The van der Waals surface area contributed by atoms with Gasteiger partial charge in [-0.2, -0.15) is 0 Å². The number of nitrogens with zero attached hydrogens (tertiary/aromatic N) is 2. The van der Waals surface area contributed by atoms with Crippen molar-refractivity contribution in [2.75, 3.05) is 26.5 Å². The fraction of sp³-hybridized carbons (Fsp3) is 0.286. The van der Waals surface area contributed by atoms with Crippen LogP contribution in [0, 0.1) is 0 Å². The van der Waals surface area contributed by atoms with Crippen molar-refractivity contribution in [1.82, 2.24) is 9.47 Å². The van der Waals surface area contributed by atoms with Crippen LogP contribution < -0.4 is 9.47 Å². The summed E-state index contributed by atoms with van der Waals surface area (Å²) < 4.78 is 12.9. The molecule has 0 spiro atoms. The third kappa shape index (κ3) is 3.37. The minimum absolute atomic E-state index is 0.0654. The van der Waals surface area contributed by atoms with Gasteiger partial charge < -0.3 is 18.9 Å². The molecule has 0 saturated carbocycles. The van der Waals surface area contributed by atoms with Crippen LogP contribution in [0.4, 0.5) is 0 Å². The molecule has 27 heavy (non-hydrogen) atoms. The Morgan fingerprint density at radius 3 is 2.81 bits per heavy atom. The average molecular weight is 382 g/mol. The molecule has 1 aliphatic rings. The topological polar surface area (TPSA) is 43.7 Å². The summed E-state index contributed by atoms with van der Waals surface area (Å²) in [5.74, 6) is 2.56. The molecule has 2 aromatic carbocycles. The first-order valence-corrected chi connectivity index (χ1v) is 9.93. The third-order valence-corrected chi connectivity index (χ3v) is 6.14. The molecule has 5 nitrogen and oxygen atoms in total. The number of amides is 1. The molecule has 1 amide bonds. The first kappa shape index (κ1) is 17.8. The Kier molecular flexibility index (Phi) is 4.99. The molecule has 1 unspecified atom stereocenters. The van der Waals surface area contributed by atoms with Crippen LogP contribution in [0.1, 0.15) is 10.9 Å². The largest absolute Gasteiger partial charge is 0.497 e. The summed E-state index contributed by atoms with van der Waals surface area (Å²) >= 11 is 1.76. The van der Waals surface area contributed by atoms with E-state index in [2.05, 4.69) is 6.07 Å². The normalized spacial score (nSPS) is 16.7. The molecule has 6 heteroatoms. The summed E-state index contributed by atoms with van der Waals surface area (Å²) in [5.41, 5.74) is 2.05. The van der Waals surface area contributed by atoms with Gasteiger partial charge in [-0.05, 0) is 35.7 Å². The molecule has 3 aromatic rings. The molecule has 1 fully saturated rings. The molecule has 0 radical (unpaired) electrons. The van der Waals surface area contributed by atoms with Crippen LogP contribution in [0.3, 0.4) is 0 Å². The number of carbonyl (C=O) groups is 1. The molecule has 4 rings (SSSR count). The number of para-hydroxylation sites is 1. The predicted octanol–water partition coefficient (Wildman–Crippen LogP) is 3.93. The zero-order chi connectivity index (χ0) is 18.8. The monoisotopic (exact) mass is 382 g/mol. The smallest absolute Gasteiger partial charge is 0.243 e. The summed E-state index contributed by atoms with van der Waals surface area (Å²) in [6.45, 7) is 1.06. The molecule has 0 bridgehead atoms. The predicted molar refractivity (Wildman–Crippen MR) is 108 cm³/mol. The van der Waals surface area contributed by atoms with Gasteiger partial charge in [-0.15, -0.1) is 11.8 Å². The van der Waals surface area contributed by atoms with E-state index in [1.54, 1.807) is 26.0 Å². The molecule has 1 aliphatic heterocycles. The van der Waals surface area contributed by atoms with Gasteiger partial charge in [-0.25, -0.2) is 0 Å². The first-order chi connectivity index (χ1) is 13.2. The minimum Gasteiger partial charge on any atom is -0.497 e. The van der Waals surface area contributed by atoms with Gasteiger partial charge in [0.2, 0.25) is 5.91 Å². The Bertz CT molecular complexity index is 969. The number of aromatic nitrogens is 1. The second-order valence-electron chi connectivity index (χ2n) is 6.42. The molecule has 0 N–H and O–H groups in total. The fourth-order valence-corrected chi connectivity index (χ4v) is 4.82. The highest BCUT2D eigenvalue weighted by atomic mass is 32.2. The molecular formula is C21H22N2O3S. The quantitative estimate of drug-likeness (QED) is 0.671. The molecule has 1 atom stereocenters. The minimum atomic E-state index is -0.0654. The Morgan fingerprint density at radius 2 is 2.00 bits per heavy atom. The van der Waals surface area contributed by atoms with Crippen LogP contribution >= 0.6 is 11.8 Å². The maximum atomic E-state index is 13.1. The number of hydrogen-bond donors (Lipinski definition) is 0. The standard InChI is InChI=1S/C21H22N2O3S/c1-25-16-7-8-19(26-2)17(13-16)21-23(11-12-27-21)20(24)14-22-10-9-15-5-3-4-6-18(15)22/h3-10,13,21H,11-12,14H2,1-2H3. The molecule has 140 valence electrons. The van der Waals surface area contributed by atoms with Crippen molar-refractivity contribution < 1.29 is 14.3 Å². The second kappa shape index (κ2) is 7.56. The van der Waals surface area contributed by atoms with Gasteiger partial charge in [0.05, 0.1) is 14.2 Å². The highest BCUT2D eigenvalue weighted by Crippen LogP contribution is 2.43. The SMILES string of the molecule is COc1ccc(OC)c(C2SCCN2C(=O)Cn2ccc3ccccc32)c1. The Morgan fingerprint density at radius 1 is 1.15 bits per heavy atom. The number of carbonyl (C=O) groups excluding carboxylic acids is 1. The van der Waals surface area contributed by atoms with E-state index in [1.165, 1.54) is 0 Å². The van der Waals surface area contributed by atoms with Gasteiger partial charge in [0.1, 0.15) is 23.4 Å². The number of ether oxygens (including phenoxy) is 2. The average Bonchev–Trinajstić information content (AvgIpc) is 3.35. The number of hydrogen-bond acceptors (Lipinski definition) is 4. The van der Waals surface area contributed by atoms with Crippen molar-refractivity contribution in [1.29, 1.82) is 0 Å². The van der Waals surface area contributed by atoms with Crippen molar-refractivity contribution in [3.05, 3.63) is 60.3 Å². The van der Waals surface area contributed by atoms with Crippen LogP contribution in [0.2, 0.25) is 0 Å². The van der Waals surface area contributed by atoms with Crippen molar-refractivity contribution in [3.8, 4) is 11.5 Å². The van der Waals surface area contributed by atoms with Gasteiger partial charge in [-0.1, -0.05) is 18.2 Å². The second-order valence-corrected chi connectivity index (χ2v) is 7.61. The van der Waals surface area contributed by atoms with E-state index < -0.39 is 0 Å². The van der Waals surface area contributed by atoms with E-state index in [1.807, 2.05) is 58.1 Å². The zero-order valence-electron chi connectivity index (χ0n) is 15.4.